The number of aryl methyl sites for hydroxylation is 1. The Balaban J connectivity index is 1.72. The number of phenols is 1. The number of guanidine groups is 1. The molecule has 1 saturated carbocycles. The quantitative estimate of drug-likeness (QED) is 0.336. The molecule has 0 spiro atoms. The summed E-state index contributed by atoms with van der Waals surface area (Å²) >= 11 is 0. The molecule has 0 bridgehead atoms. The van der Waals surface area contributed by atoms with Gasteiger partial charge in [0.05, 0.1) is 0 Å². The Morgan fingerprint density at radius 1 is 1.26 bits per heavy atom. The van der Waals surface area contributed by atoms with Gasteiger partial charge in [0, 0.05) is 31.6 Å². The molecule has 1 aromatic rings. The van der Waals surface area contributed by atoms with Crippen molar-refractivity contribution in [2.45, 2.75) is 64.5 Å². The van der Waals surface area contributed by atoms with Crippen molar-refractivity contribution in [2.24, 2.45) is 10.9 Å². The lowest BCUT2D eigenvalue weighted by molar-refractivity contribution is -0.126. The molecule has 27 heavy (non-hydrogen) atoms. The molecule has 0 saturated heterocycles. The summed E-state index contributed by atoms with van der Waals surface area (Å²) in [5.41, 5.74) is 1.21. The monoisotopic (exact) mass is 374 g/mol. The molecule has 2 atom stereocenters. The van der Waals surface area contributed by atoms with Crippen LogP contribution >= 0.6 is 0 Å². The SMILES string of the molecule is CN=C(NCCCc1ccc(O)cc1)NC1CCCC(C(=O)NC(C)C)C1. The molecule has 1 aromatic carbocycles. The van der Waals surface area contributed by atoms with Crippen molar-refractivity contribution in [1.82, 2.24) is 16.0 Å². The van der Waals surface area contributed by atoms with Gasteiger partial charge in [-0.1, -0.05) is 18.6 Å². The van der Waals surface area contributed by atoms with E-state index in [1.165, 1.54) is 5.56 Å². The fourth-order valence-corrected chi connectivity index (χ4v) is 3.51. The minimum absolute atomic E-state index is 0.0891. The summed E-state index contributed by atoms with van der Waals surface area (Å²) in [5.74, 6) is 1.37. The zero-order valence-electron chi connectivity index (χ0n) is 16.8. The molecule has 0 radical (unpaired) electrons. The van der Waals surface area contributed by atoms with Crippen LogP contribution in [0.4, 0.5) is 0 Å². The van der Waals surface area contributed by atoms with Crippen LogP contribution in [0.2, 0.25) is 0 Å². The normalized spacial score (nSPS) is 20.4. The Bertz CT molecular complexity index is 613. The van der Waals surface area contributed by atoms with Crippen LogP contribution in [0.3, 0.4) is 0 Å². The molecule has 2 unspecified atom stereocenters. The maximum absolute atomic E-state index is 12.3. The van der Waals surface area contributed by atoms with E-state index in [9.17, 15) is 9.90 Å². The van der Waals surface area contributed by atoms with Crippen LogP contribution in [-0.4, -0.2) is 42.6 Å². The van der Waals surface area contributed by atoms with E-state index in [4.69, 9.17) is 0 Å². The van der Waals surface area contributed by atoms with E-state index in [-0.39, 0.29) is 23.9 Å². The lowest BCUT2D eigenvalue weighted by Gasteiger charge is -2.30. The first-order valence-corrected chi connectivity index (χ1v) is 10.0. The molecule has 0 aromatic heterocycles. The first-order valence-electron chi connectivity index (χ1n) is 10.0. The van der Waals surface area contributed by atoms with Gasteiger partial charge in [-0.25, -0.2) is 0 Å². The van der Waals surface area contributed by atoms with Crippen molar-refractivity contribution in [3.63, 3.8) is 0 Å². The smallest absolute Gasteiger partial charge is 0.223 e. The predicted molar refractivity (Wildman–Crippen MR) is 110 cm³/mol. The van der Waals surface area contributed by atoms with Gasteiger partial charge in [-0.2, -0.15) is 0 Å². The van der Waals surface area contributed by atoms with Crippen molar-refractivity contribution in [2.75, 3.05) is 13.6 Å². The zero-order valence-corrected chi connectivity index (χ0v) is 16.8. The highest BCUT2D eigenvalue weighted by Gasteiger charge is 2.27. The van der Waals surface area contributed by atoms with Gasteiger partial charge in [0.2, 0.25) is 5.91 Å². The Morgan fingerprint density at radius 2 is 2.00 bits per heavy atom. The highest BCUT2D eigenvalue weighted by molar-refractivity contribution is 5.81. The summed E-state index contributed by atoms with van der Waals surface area (Å²) in [5, 5.41) is 19.2. The Kier molecular flexibility index (Phi) is 8.43. The second-order valence-electron chi connectivity index (χ2n) is 7.64. The van der Waals surface area contributed by atoms with E-state index < -0.39 is 0 Å². The second-order valence-corrected chi connectivity index (χ2v) is 7.64. The fourth-order valence-electron chi connectivity index (χ4n) is 3.51. The van der Waals surface area contributed by atoms with E-state index in [0.29, 0.717) is 5.75 Å². The van der Waals surface area contributed by atoms with Gasteiger partial charge in [0.25, 0.3) is 0 Å². The average Bonchev–Trinajstić information content (AvgIpc) is 2.65. The lowest BCUT2D eigenvalue weighted by Crippen LogP contribution is -2.47. The molecule has 1 aliphatic carbocycles. The van der Waals surface area contributed by atoms with Gasteiger partial charge in [-0.3, -0.25) is 9.79 Å². The third kappa shape index (κ3) is 7.49. The number of hydrogen-bond acceptors (Lipinski definition) is 3. The number of aliphatic imine (C=N–C) groups is 1. The number of carbonyl (C=O) groups is 1. The van der Waals surface area contributed by atoms with Gasteiger partial charge < -0.3 is 21.1 Å². The number of phenolic OH excluding ortho intramolecular Hbond substituents is 1. The maximum atomic E-state index is 12.3. The van der Waals surface area contributed by atoms with E-state index >= 15 is 0 Å². The van der Waals surface area contributed by atoms with Crippen LogP contribution in [0.1, 0.15) is 51.5 Å². The minimum Gasteiger partial charge on any atom is -0.508 e. The third-order valence-electron chi connectivity index (χ3n) is 4.91. The molecular weight excluding hydrogens is 340 g/mol. The molecule has 1 aliphatic rings. The summed E-state index contributed by atoms with van der Waals surface area (Å²) in [6.07, 6.45) is 5.88. The standard InChI is InChI=1S/C21H34N4O2/c1-15(2)24-20(27)17-7-4-8-18(14-17)25-21(22-3)23-13-5-6-16-9-11-19(26)12-10-16/h9-12,15,17-18,26H,4-8,13-14H2,1-3H3,(H,24,27)(H2,22,23,25). The molecule has 0 aliphatic heterocycles. The Hall–Kier alpha value is -2.24. The molecule has 150 valence electrons. The van der Waals surface area contributed by atoms with E-state index in [2.05, 4.69) is 20.9 Å². The van der Waals surface area contributed by atoms with Gasteiger partial charge >= 0.3 is 0 Å². The molecule has 6 nitrogen and oxygen atoms in total. The molecule has 6 heteroatoms. The number of hydrogen-bond donors (Lipinski definition) is 4. The van der Waals surface area contributed by atoms with Crippen LogP contribution in [0.25, 0.3) is 0 Å². The van der Waals surface area contributed by atoms with Gasteiger partial charge in [-0.15, -0.1) is 0 Å². The largest absolute Gasteiger partial charge is 0.508 e. The van der Waals surface area contributed by atoms with Crippen LogP contribution < -0.4 is 16.0 Å². The van der Waals surface area contributed by atoms with Crippen LogP contribution in [-0.2, 0) is 11.2 Å². The summed E-state index contributed by atoms with van der Waals surface area (Å²) < 4.78 is 0. The van der Waals surface area contributed by atoms with Crippen molar-refractivity contribution in [3.05, 3.63) is 29.8 Å². The van der Waals surface area contributed by atoms with Crippen molar-refractivity contribution in [1.29, 1.82) is 0 Å². The first kappa shape index (κ1) is 21.1. The lowest BCUT2D eigenvalue weighted by atomic mass is 9.85. The molecule has 1 amide bonds. The predicted octanol–water partition coefficient (Wildman–Crippen LogP) is 2.57. The van der Waals surface area contributed by atoms with Crippen molar-refractivity contribution < 1.29 is 9.90 Å². The van der Waals surface area contributed by atoms with Crippen molar-refractivity contribution >= 4 is 11.9 Å². The average molecular weight is 375 g/mol. The molecule has 4 N–H and O–H groups in total. The molecular formula is C21H34N4O2. The topological polar surface area (TPSA) is 85.8 Å². The number of rotatable bonds is 7. The number of benzene rings is 1. The number of aromatic hydroxyl groups is 1. The molecule has 1 fully saturated rings. The Labute approximate surface area is 162 Å². The van der Waals surface area contributed by atoms with Gasteiger partial charge in [0.1, 0.15) is 5.75 Å². The summed E-state index contributed by atoms with van der Waals surface area (Å²) in [4.78, 5) is 16.6. The minimum atomic E-state index is 0.0891. The fraction of sp³-hybridized carbons (Fsp3) is 0.619. The molecule has 0 heterocycles. The zero-order chi connectivity index (χ0) is 19.6. The molecule has 2 rings (SSSR count). The van der Waals surface area contributed by atoms with Crippen molar-refractivity contribution in [3.8, 4) is 5.75 Å². The highest BCUT2D eigenvalue weighted by atomic mass is 16.3. The van der Waals surface area contributed by atoms with E-state index in [1.807, 2.05) is 26.0 Å². The van der Waals surface area contributed by atoms with Crippen LogP contribution in [0, 0.1) is 5.92 Å². The maximum Gasteiger partial charge on any atom is 0.223 e. The number of nitrogens with one attached hydrogen (secondary N) is 3. The summed E-state index contributed by atoms with van der Waals surface area (Å²) in [7, 11) is 1.78. The number of amides is 1. The summed E-state index contributed by atoms with van der Waals surface area (Å²) in [6, 6.07) is 7.81. The van der Waals surface area contributed by atoms with E-state index in [0.717, 1.165) is 51.0 Å². The van der Waals surface area contributed by atoms with Crippen LogP contribution in [0.5, 0.6) is 5.75 Å². The Morgan fingerprint density at radius 3 is 2.67 bits per heavy atom. The third-order valence-corrected chi connectivity index (χ3v) is 4.91. The van der Waals surface area contributed by atoms with Crippen LogP contribution in [0.15, 0.2) is 29.3 Å². The highest BCUT2D eigenvalue weighted by Crippen LogP contribution is 2.24. The second kappa shape index (κ2) is 10.8. The van der Waals surface area contributed by atoms with Gasteiger partial charge in [-0.05, 0) is 63.6 Å². The summed E-state index contributed by atoms with van der Waals surface area (Å²) in [6.45, 7) is 4.82. The number of nitrogens with zero attached hydrogens (tertiary/aromatic N) is 1. The number of carbonyl (C=O) groups excluding carboxylic acids is 1. The van der Waals surface area contributed by atoms with Gasteiger partial charge in [0.15, 0.2) is 5.96 Å². The van der Waals surface area contributed by atoms with E-state index in [1.54, 1.807) is 19.2 Å². The first-order chi connectivity index (χ1) is 13.0.